The fraction of sp³-hybridized carbons (Fsp3) is 0.393. The summed E-state index contributed by atoms with van der Waals surface area (Å²) in [6, 6.07) is 12.6. The minimum Gasteiger partial charge on any atom is -0.493 e. The highest BCUT2D eigenvalue weighted by Gasteiger charge is 2.33. The Morgan fingerprint density at radius 1 is 1.12 bits per heavy atom. The molecule has 6 heteroatoms. The SMILES string of the molecule is CCOC(=O)c1c(-c2ccccc2C2CCNC2)c(C)n2c1-c1cc(OC)c(OC)cc1CC2. The highest BCUT2D eigenvalue weighted by Crippen LogP contribution is 2.46. The summed E-state index contributed by atoms with van der Waals surface area (Å²) in [4.78, 5) is 13.5. The maximum Gasteiger partial charge on any atom is 0.340 e. The van der Waals surface area contributed by atoms with E-state index in [9.17, 15) is 4.79 Å². The van der Waals surface area contributed by atoms with Crippen LogP contribution in [0.15, 0.2) is 36.4 Å². The molecule has 2 aliphatic heterocycles. The van der Waals surface area contributed by atoms with Gasteiger partial charge in [-0.05, 0) is 68.0 Å². The van der Waals surface area contributed by atoms with Crippen molar-refractivity contribution in [3.63, 3.8) is 0 Å². The summed E-state index contributed by atoms with van der Waals surface area (Å²) in [7, 11) is 3.29. The Bertz CT molecular complexity index is 1240. The molecule has 0 radical (unpaired) electrons. The molecule has 0 saturated carbocycles. The second-order valence-corrected chi connectivity index (χ2v) is 8.95. The lowest BCUT2D eigenvalue weighted by atomic mass is 9.87. The third kappa shape index (κ3) is 3.57. The van der Waals surface area contributed by atoms with Crippen molar-refractivity contribution in [2.75, 3.05) is 33.9 Å². The molecule has 2 aliphatic rings. The van der Waals surface area contributed by atoms with E-state index in [1.165, 1.54) is 5.56 Å². The van der Waals surface area contributed by atoms with Crippen LogP contribution in [0.5, 0.6) is 11.5 Å². The average molecular weight is 461 g/mol. The predicted molar refractivity (Wildman–Crippen MR) is 133 cm³/mol. The molecule has 2 aromatic carbocycles. The van der Waals surface area contributed by atoms with Gasteiger partial charge in [0.15, 0.2) is 11.5 Å². The monoisotopic (exact) mass is 460 g/mol. The van der Waals surface area contributed by atoms with Crippen LogP contribution < -0.4 is 14.8 Å². The molecular weight excluding hydrogens is 428 g/mol. The maximum absolute atomic E-state index is 13.5. The van der Waals surface area contributed by atoms with Crippen molar-refractivity contribution in [3.8, 4) is 33.9 Å². The number of carbonyl (C=O) groups excluding carboxylic acids is 1. The molecule has 0 spiro atoms. The second-order valence-electron chi connectivity index (χ2n) is 8.95. The topological polar surface area (TPSA) is 61.7 Å². The van der Waals surface area contributed by atoms with Gasteiger partial charge >= 0.3 is 5.97 Å². The van der Waals surface area contributed by atoms with E-state index in [0.29, 0.717) is 29.6 Å². The van der Waals surface area contributed by atoms with Crippen molar-refractivity contribution in [1.29, 1.82) is 0 Å². The first-order valence-electron chi connectivity index (χ1n) is 12.0. The Labute approximate surface area is 200 Å². The average Bonchev–Trinajstić information content (AvgIpc) is 3.50. The molecule has 1 atom stereocenters. The van der Waals surface area contributed by atoms with E-state index < -0.39 is 0 Å². The molecule has 1 aromatic heterocycles. The maximum atomic E-state index is 13.5. The molecule has 34 heavy (non-hydrogen) atoms. The fourth-order valence-corrected chi connectivity index (χ4v) is 5.61. The zero-order valence-electron chi connectivity index (χ0n) is 20.4. The zero-order valence-corrected chi connectivity index (χ0v) is 20.4. The Morgan fingerprint density at radius 2 is 1.88 bits per heavy atom. The lowest BCUT2D eigenvalue weighted by molar-refractivity contribution is 0.0528. The number of hydrogen-bond donors (Lipinski definition) is 1. The van der Waals surface area contributed by atoms with Gasteiger partial charge in [0.25, 0.3) is 0 Å². The molecule has 0 amide bonds. The first-order chi connectivity index (χ1) is 16.6. The molecule has 1 unspecified atom stereocenters. The smallest absolute Gasteiger partial charge is 0.340 e. The van der Waals surface area contributed by atoms with Crippen LogP contribution in [0.2, 0.25) is 0 Å². The second kappa shape index (κ2) is 9.18. The quantitative estimate of drug-likeness (QED) is 0.527. The van der Waals surface area contributed by atoms with E-state index in [2.05, 4.69) is 41.1 Å². The number of aryl methyl sites for hydroxylation is 1. The van der Waals surface area contributed by atoms with Gasteiger partial charge in [-0.1, -0.05) is 24.3 Å². The number of fused-ring (bicyclic) bond motifs is 3. The third-order valence-electron chi connectivity index (χ3n) is 7.20. The largest absolute Gasteiger partial charge is 0.493 e. The normalized spacial score (nSPS) is 16.6. The summed E-state index contributed by atoms with van der Waals surface area (Å²) in [6.45, 7) is 7.07. The molecule has 0 bridgehead atoms. The van der Waals surface area contributed by atoms with Gasteiger partial charge in [0.05, 0.1) is 32.1 Å². The van der Waals surface area contributed by atoms with Gasteiger partial charge in [-0.2, -0.15) is 0 Å². The van der Waals surface area contributed by atoms with Gasteiger partial charge in [0.1, 0.15) is 0 Å². The van der Waals surface area contributed by atoms with Crippen LogP contribution in [0, 0.1) is 6.92 Å². The van der Waals surface area contributed by atoms with Crippen LogP contribution in [-0.4, -0.2) is 44.5 Å². The Balaban J connectivity index is 1.79. The predicted octanol–water partition coefficient (Wildman–Crippen LogP) is 4.96. The third-order valence-corrected chi connectivity index (χ3v) is 7.20. The van der Waals surface area contributed by atoms with Crippen LogP contribution in [0.1, 0.15) is 46.4 Å². The van der Waals surface area contributed by atoms with E-state index in [1.807, 2.05) is 19.1 Å². The van der Waals surface area contributed by atoms with Crippen molar-refractivity contribution in [3.05, 3.63) is 58.8 Å². The number of rotatable bonds is 6. The number of methoxy groups -OCH3 is 2. The molecule has 1 saturated heterocycles. The number of hydrogen-bond acceptors (Lipinski definition) is 5. The molecule has 0 aliphatic carbocycles. The van der Waals surface area contributed by atoms with Crippen LogP contribution in [0.3, 0.4) is 0 Å². The molecule has 3 heterocycles. The summed E-state index contributed by atoms with van der Waals surface area (Å²) < 4.78 is 19.1. The van der Waals surface area contributed by atoms with Gasteiger partial charge < -0.3 is 24.1 Å². The summed E-state index contributed by atoms with van der Waals surface area (Å²) in [5.74, 6) is 1.51. The summed E-state index contributed by atoms with van der Waals surface area (Å²) in [6.07, 6.45) is 1.95. The molecule has 5 rings (SSSR count). The van der Waals surface area contributed by atoms with E-state index >= 15 is 0 Å². The van der Waals surface area contributed by atoms with Gasteiger partial charge in [-0.3, -0.25) is 0 Å². The van der Waals surface area contributed by atoms with Gasteiger partial charge in [-0.15, -0.1) is 0 Å². The summed E-state index contributed by atoms with van der Waals surface area (Å²) >= 11 is 0. The lowest BCUT2D eigenvalue weighted by Gasteiger charge is -2.23. The fourth-order valence-electron chi connectivity index (χ4n) is 5.61. The highest BCUT2D eigenvalue weighted by molar-refractivity contribution is 6.06. The standard InChI is InChI=1S/C28H32N2O4/c1-5-34-28(31)26-25(21-9-7-6-8-20(21)19-10-12-29-16-19)17(2)30-13-11-18-14-23(32-3)24(33-4)15-22(18)27(26)30/h6-9,14-15,19,29H,5,10-13,16H2,1-4H3. The zero-order chi connectivity index (χ0) is 23.8. The van der Waals surface area contributed by atoms with Crippen molar-refractivity contribution in [2.24, 2.45) is 0 Å². The van der Waals surface area contributed by atoms with Crippen molar-refractivity contribution in [1.82, 2.24) is 9.88 Å². The first-order valence-corrected chi connectivity index (χ1v) is 12.0. The molecule has 6 nitrogen and oxygen atoms in total. The molecule has 3 aromatic rings. The highest BCUT2D eigenvalue weighted by atomic mass is 16.5. The molecule has 1 fully saturated rings. The summed E-state index contributed by atoms with van der Waals surface area (Å²) in [5, 5.41) is 3.48. The van der Waals surface area contributed by atoms with E-state index in [4.69, 9.17) is 14.2 Å². The minimum absolute atomic E-state index is 0.281. The van der Waals surface area contributed by atoms with Gasteiger partial charge in [0.2, 0.25) is 0 Å². The van der Waals surface area contributed by atoms with Crippen LogP contribution in [-0.2, 0) is 17.7 Å². The number of nitrogens with zero attached hydrogens (tertiary/aromatic N) is 1. The first kappa shape index (κ1) is 22.5. The molecule has 178 valence electrons. The van der Waals surface area contributed by atoms with Crippen LogP contribution in [0.25, 0.3) is 22.4 Å². The van der Waals surface area contributed by atoms with E-state index in [1.54, 1.807) is 14.2 Å². The number of ether oxygens (including phenoxy) is 3. The Morgan fingerprint density at radius 3 is 2.59 bits per heavy atom. The number of esters is 1. The van der Waals surface area contributed by atoms with Gasteiger partial charge in [0, 0.05) is 29.9 Å². The Kier molecular flexibility index (Phi) is 6.09. The van der Waals surface area contributed by atoms with E-state index in [-0.39, 0.29) is 5.97 Å². The van der Waals surface area contributed by atoms with Gasteiger partial charge in [-0.25, -0.2) is 4.79 Å². The number of carbonyl (C=O) groups is 1. The lowest BCUT2D eigenvalue weighted by Crippen LogP contribution is -2.15. The molecular formula is C28H32N2O4. The van der Waals surface area contributed by atoms with Crippen LogP contribution >= 0.6 is 0 Å². The minimum atomic E-state index is -0.281. The van der Waals surface area contributed by atoms with E-state index in [0.717, 1.165) is 66.1 Å². The van der Waals surface area contributed by atoms with Crippen molar-refractivity contribution in [2.45, 2.75) is 39.2 Å². The molecule has 1 N–H and O–H groups in total. The number of benzene rings is 2. The van der Waals surface area contributed by atoms with Crippen molar-refractivity contribution >= 4 is 5.97 Å². The number of nitrogens with one attached hydrogen (secondary N) is 1. The number of aromatic nitrogens is 1. The Hall–Kier alpha value is -3.25. The van der Waals surface area contributed by atoms with Crippen molar-refractivity contribution < 1.29 is 19.0 Å². The summed E-state index contributed by atoms with van der Waals surface area (Å²) in [5.41, 5.74) is 8.19. The van der Waals surface area contributed by atoms with Crippen LogP contribution in [0.4, 0.5) is 0 Å².